The van der Waals surface area contributed by atoms with Gasteiger partial charge < -0.3 is 10.2 Å². The number of rotatable bonds is 3. The third-order valence-corrected chi connectivity index (χ3v) is 4.49. The van der Waals surface area contributed by atoms with Crippen molar-refractivity contribution in [2.24, 2.45) is 0 Å². The van der Waals surface area contributed by atoms with E-state index in [1.54, 1.807) is 11.3 Å². The molecule has 4 heteroatoms. The van der Waals surface area contributed by atoms with Crippen LogP contribution in [0.4, 0.5) is 0 Å². The Balaban J connectivity index is 1.88. The average Bonchev–Trinajstić information content (AvgIpc) is 2.68. The van der Waals surface area contributed by atoms with Gasteiger partial charge in [0.2, 0.25) is 0 Å². The minimum Gasteiger partial charge on any atom is -0.307 e. The average molecular weight is 239 g/mol. The molecule has 0 spiro atoms. The quantitative estimate of drug-likeness (QED) is 0.876. The first-order valence-corrected chi connectivity index (χ1v) is 6.89. The molecule has 2 rings (SSSR count). The van der Waals surface area contributed by atoms with Crippen molar-refractivity contribution in [1.29, 1.82) is 0 Å². The molecule has 0 radical (unpaired) electrons. The van der Waals surface area contributed by atoms with Crippen LogP contribution in [0, 0.1) is 6.92 Å². The largest absolute Gasteiger partial charge is 0.307 e. The van der Waals surface area contributed by atoms with Crippen LogP contribution in [0.1, 0.15) is 36.4 Å². The van der Waals surface area contributed by atoms with E-state index in [9.17, 15) is 0 Å². The van der Waals surface area contributed by atoms with E-state index in [0.29, 0.717) is 12.1 Å². The van der Waals surface area contributed by atoms with Gasteiger partial charge in [0.1, 0.15) is 0 Å². The van der Waals surface area contributed by atoms with Gasteiger partial charge in [0.15, 0.2) is 0 Å². The Morgan fingerprint density at radius 3 is 2.75 bits per heavy atom. The summed E-state index contributed by atoms with van der Waals surface area (Å²) in [6, 6.07) is 1.12. The molecule has 0 aromatic carbocycles. The zero-order valence-electron chi connectivity index (χ0n) is 10.4. The zero-order chi connectivity index (χ0) is 11.5. The van der Waals surface area contributed by atoms with Crippen molar-refractivity contribution in [3.05, 3.63) is 16.1 Å². The monoisotopic (exact) mass is 239 g/mol. The second-order valence-corrected chi connectivity index (χ2v) is 5.65. The Hall–Kier alpha value is -0.450. The lowest BCUT2D eigenvalue weighted by Crippen LogP contribution is -2.41. The van der Waals surface area contributed by atoms with E-state index in [1.165, 1.54) is 36.5 Å². The van der Waals surface area contributed by atoms with Crippen molar-refractivity contribution in [2.45, 2.75) is 38.8 Å². The summed E-state index contributed by atoms with van der Waals surface area (Å²) in [4.78, 5) is 8.10. The smallest absolute Gasteiger partial charge is 0.0798 e. The van der Waals surface area contributed by atoms with Gasteiger partial charge in [0.25, 0.3) is 0 Å². The number of aryl methyl sites for hydroxylation is 1. The van der Waals surface area contributed by atoms with E-state index in [1.807, 2.05) is 5.51 Å². The fourth-order valence-corrected chi connectivity index (χ4v) is 3.15. The predicted octanol–water partition coefficient (Wildman–Crippen LogP) is 2.20. The number of hydrogen-bond acceptors (Lipinski definition) is 4. The minimum atomic E-state index is 0.445. The zero-order valence-corrected chi connectivity index (χ0v) is 11.2. The second-order valence-electron chi connectivity index (χ2n) is 4.77. The normalized spacial score (nSPS) is 21.2. The van der Waals surface area contributed by atoms with Crippen molar-refractivity contribution >= 4 is 11.3 Å². The molecule has 1 aliphatic heterocycles. The molecule has 1 atom stereocenters. The van der Waals surface area contributed by atoms with Crippen LogP contribution in [0.25, 0.3) is 0 Å². The third-order valence-electron chi connectivity index (χ3n) is 3.38. The van der Waals surface area contributed by atoms with Crippen molar-refractivity contribution in [3.63, 3.8) is 0 Å². The molecule has 1 fully saturated rings. The SMILES string of the molecule is Cc1ncsc1C(C)NC1CCN(C)CC1. The highest BCUT2D eigenvalue weighted by Crippen LogP contribution is 2.23. The molecule has 1 aliphatic rings. The number of likely N-dealkylation sites (tertiary alicyclic amines) is 1. The minimum absolute atomic E-state index is 0.445. The van der Waals surface area contributed by atoms with E-state index in [2.05, 4.69) is 36.1 Å². The predicted molar refractivity (Wildman–Crippen MR) is 68.9 cm³/mol. The highest BCUT2D eigenvalue weighted by atomic mass is 32.1. The topological polar surface area (TPSA) is 28.2 Å². The van der Waals surface area contributed by atoms with Crippen LogP contribution in [0.3, 0.4) is 0 Å². The molecule has 2 heterocycles. The van der Waals surface area contributed by atoms with Gasteiger partial charge in [-0.1, -0.05) is 0 Å². The van der Waals surface area contributed by atoms with E-state index >= 15 is 0 Å². The second kappa shape index (κ2) is 5.25. The molecule has 1 N–H and O–H groups in total. The van der Waals surface area contributed by atoms with E-state index in [4.69, 9.17) is 0 Å². The molecular weight excluding hydrogens is 218 g/mol. The van der Waals surface area contributed by atoms with Crippen LogP contribution in [-0.2, 0) is 0 Å². The maximum Gasteiger partial charge on any atom is 0.0798 e. The summed E-state index contributed by atoms with van der Waals surface area (Å²) in [6.07, 6.45) is 2.53. The molecule has 1 saturated heterocycles. The van der Waals surface area contributed by atoms with E-state index < -0.39 is 0 Å². The first-order chi connectivity index (χ1) is 7.66. The van der Waals surface area contributed by atoms with Crippen LogP contribution >= 0.6 is 11.3 Å². The Labute approximate surface area is 102 Å². The molecule has 0 amide bonds. The number of thiazole rings is 1. The lowest BCUT2D eigenvalue weighted by Gasteiger charge is -2.31. The standard InChI is InChI=1S/C12H21N3S/c1-9-12(16-8-13-9)10(2)14-11-4-6-15(3)7-5-11/h8,10-11,14H,4-7H2,1-3H3. The van der Waals surface area contributed by atoms with Crippen LogP contribution < -0.4 is 5.32 Å². The van der Waals surface area contributed by atoms with Gasteiger partial charge in [-0.25, -0.2) is 4.98 Å². The summed E-state index contributed by atoms with van der Waals surface area (Å²) in [5, 5.41) is 3.73. The molecule has 0 aliphatic carbocycles. The summed E-state index contributed by atoms with van der Waals surface area (Å²) in [6.45, 7) is 6.77. The number of piperidine rings is 1. The first kappa shape index (κ1) is 12.0. The summed E-state index contributed by atoms with van der Waals surface area (Å²) in [7, 11) is 2.20. The molecule has 0 saturated carbocycles. The van der Waals surface area contributed by atoms with Gasteiger partial charge in [-0.3, -0.25) is 0 Å². The third kappa shape index (κ3) is 2.81. The highest BCUT2D eigenvalue weighted by Gasteiger charge is 2.20. The molecule has 0 bridgehead atoms. The number of nitrogens with zero attached hydrogens (tertiary/aromatic N) is 2. The summed E-state index contributed by atoms with van der Waals surface area (Å²) < 4.78 is 0. The van der Waals surface area contributed by atoms with Crippen LogP contribution in [0.15, 0.2) is 5.51 Å². The summed E-state index contributed by atoms with van der Waals surface area (Å²) >= 11 is 1.76. The van der Waals surface area contributed by atoms with Gasteiger partial charge in [-0.15, -0.1) is 11.3 Å². The fraction of sp³-hybridized carbons (Fsp3) is 0.750. The number of hydrogen-bond donors (Lipinski definition) is 1. The maximum absolute atomic E-state index is 4.31. The maximum atomic E-state index is 4.31. The van der Waals surface area contributed by atoms with Crippen molar-refractivity contribution in [3.8, 4) is 0 Å². The molecule has 1 aromatic rings. The highest BCUT2D eigenvalue weighted by molar-refractivity contribution is 7.09. The Kier molecular flexibility index (Phi) is 3.95. The van der Waals surface area contributed by atoms with Gasteiger partial charge in [0.05, 0.1) is 11.2 Å². The molecule has 3 nitrogen and oxygen atoms in total. The van der Waals surface area contributed by atoms with E-state index in [0.717, 1.165) is 0 Å². The number of nitrogens with one attached hydrogen (secondary N) is 1. The Morgan fingerprint density at radius 1 is 1.50 bits per heavy atom. The summed E-state index contributed by atoms with van der Waals surface area (Å²) in [5.41, 5.74) is 3.12. The van der Waals surface area contributed by atoms with Gasteiger partial charge in [0, 0.05) is 17.0 Å². The molecule has 16 heavy (non-hydrogen) atoms. The lowest BCUT2D eigenvalue weighted by atomic mass is 10.0. The first-order valence-electron chi connectivity index (χ1n) is 6.01. The Bertz CT molecular complexity index is 329. The van der Waals surface area contributed by atoms with Gasteiger partial charge >= 0.3 is 0 Å². The fourth-order valence-electron chi connectivity index (χ4n) is 2.33. The van der Waals surface area contributed by atoms with Crippen LogP contribution in [-0.4, -0.2) is 36.1 Å². The van der Waals surface area contributed by atoms with Gasteiger partial charge in [-0.2, -0.15) is 0 Å². The van der Waals surface area contributed by atoms with Gasteiger partial charge in [-0.05, 0) is 46.8 Å². The van der Waals surface area contributed by atoms with Crippen LogP contribution in [0.5, 0.6) is 0 Å². The van der Waals surface area contributed by atoms with Crippen molar-refractivity contribution < 1.29 is 0 Å². The Morgan fingerprint density at radius 2 is 2.19 bits per heavy atom. The number of aromatic nitrogens is 1. The van der Waals surface area contributed by atoms with Crippen molar-refractivity contribution in [2.75, 3.05) is 20.1 Å². The molecule has 1 unspecified atom stereocenters. The molecular formula is C12H21N3S. The van der Waals surface area contributed by atoms with E-state index in [-0.39, 0.29) is 0 Å². The van der Waals surface area contributed by atoms with Crippen molar-refractivity contribution in [1.82, 2.24) is 15.2 Å². The van der Waals surface area contributed by atoms with Crippen LogP contribution in [0.2, 0.25) is 0 Å². The molecule has 90 valence electrons. The lowest BCUT2D eigenvalue weighted by molar-refractivity contribution is 0.227. The summed E-state index contributed by atoms with van der Waals surface area (Å²) in [5.74, 6) is 0. The molecule has 1 aromatic heterocycles.